The van der Waals surface area contributed by atoms with E-state index in [0.717, 1.165) is 11.8 Å². The summed E-state index contributed by atoms with van der Waals surface area (Å²) in [4.78, 5) is 46.0. The van der Waals surface area contributed by atoms with Crippen LogP contribution < -0.4 is 5.32 Å². The SMILES string of the molecule is Cc1cc(C(=O)O)cc(C(=O)O)c1-c1ccc2c(c1)C(=O)NC2=O.c1ccc(-n2ccnn2)cc1. The third kappa shape index (κ3) is 4.67. The van der Waals surface area contributed by atoms with Crippen LogP contribution in [0.3, 0.4) is 0 Å². The predicted octanol–water partition coefficient (Wildman–Crippen LogP) is 3.21. The Bertz CT molecular complexity index is 1460. The van der Waals surface area contributed by atoms with E-state index in [2.05, 4.69) is 15.6 Å². The molecule has 0 aliphatic carbocycles. The second-order valence-electron chi connectivity index (χ2n) is 7.55. The number of aromatic nitrogens is 3. The molecule has 10 nitrogen and oxygen atoms in total. The molecule has 5 rings (SSSR count). The maximum atomic E-state index is 11.8. The van der Waals surface area contributed by atoms with Gasteiger partial charge in [-0.3, -0.25) is 14.9 Å². The number of rotatable bonds is 4. The third-order valence-corrected chi connectivity index (χ3v) is 5.28. The maximum absolute atomic E-state index is 11.8. The van der Waals surface area contributed by atoms with Gasteiger partial charge in [0, 0.05) is 0 Å². The number of aryl methyl sites for hydroxylation is 1. The number of carboxylic acids is 2. The molecular weight excluding hydrogens is 452 g/mol. The Morgan fingerprint density at radius 1 is 0.886 bits per heavy atom. The largest absolute Gasteiger partial charge is 0.478 e. The van der Waals surface area contributed by atoms with Gasteiger partial charge < -0.3 is 10.2 Å². The second kappa shape index (κ2) is 9.40. The van der Waals surface area contributed by atoms with Crippen LogP contribution in [0, 0.1) is 6.92 Å². The predicted molar refractivity (Wildman–Crippen MR) is 124 cm³/mol. The lowest BCUT2D eigenvalue weighted by Crippen LogP contribution is -2.19. The number of nitrogens with one attached hydrogen (secondary N) is 1. The number of imide groups is 1. The van der Waals surface area contributed by atoms with E-state index in [4.69, 9.17) is 5.11 Å². The van der Waals surface area contributed by atoms with E-state index in [0.29, 0.717) is 16.7 Å². The lowest BCUT2D eigenvalue weighted by molar-refractivity contribution is 0.0696. The molecule has 1 aliphatic heterocycles. The summed E-state index contributed by atoms with van der Waals surface area (Å²) in [6, 6.07) is 16.7. The van der Waals surface area contributed by atoms with Crippen LogP contribution in [0.25, 0.3) is 16.8 Å². The summed E-state index contributed by atoms with van der Waals surface area (Å²) in [5.74, 6) is -3.56. The molecule has 0 atom stereocenters. The van der Waals surface area contributed by atoms with E-state index in [-0.39, 0.29) is 22.3 Å². The normalized spacial score (nSPS) is 11.8. The summed E-state index contributed by atoms with van der Waals surface area (Å²) >= 11 is 0. The quantitative estimate of drug-likeness (QED) is 0.385. The van der Waals surface area contributed by atoms with Gasteiger partial charge in [0.1, 0.15) is 0 Å². The van der Waals surface area contributed by atoms with E-state index in [1.165, 1.54) is 24.3 Å². The number of hydrogen-bond donors (Lipinski definition) is 3. The van der Waals surface area contributed by atoms with Gasteiger partial charge in [0.15, 0.2) is 0 Å². The van der Waals surface area contributed by atoms with Gasteiger partial charge in [0.25, 0.3) is 11.8 Å². The van der Waals surface area contributed by atoms with Crippen molar-refractivity contribution in [3.05, 3.63) is 101 Å². The fraction of sp³-hybridized carbons (Fsp3) is 0.0400. The van der Waals surface area contributed by atoms with Gasteiger partial charge in [-0.05, 0) is 60.0 Å². The van der Waals surface area contributed by atoms with Crippen molar-refractivity contribution in [3.63, 3.8) is 0 Å². The van der Waals surface area contributed by atoms with E-state index >= 15 is 0 Å². The standard InChI is InChI=1S/C17H11NO6.C8H7N3/c1-7-4-9(16(21)22)6-12(17(23)24)13(7)8-2-3-10-11(5-8)15(20)18-14(10)19;1-2-4-8(5-3-1)11-7-6-9-10-11/h2-6H,1H3,(H,21,22)(H,23,24)(H,18,19,20);1-7H. The van der Waals surface area contributed by atoms with Crippen molar-refractivity contribution in [2.45, 2.75) is 6.92 Å². The molecule has 0 spiro atoms. The van der Waals surface area contributed by atoms with E-state index in [1.54, 1.807) is 17.8 Å². The molecule has 3 N–H and O–H groups in total. The summed E-state index contributed by atoms with van der Waals surface area (Å²) in [7, 11) is 0. The van der Waals surface area contributed by atoms with Crippen LogP contribution in [0.2, 0.25) is 0 Å². The zero-order valence-electron chi connectivity index (χ0n) is 18.3. The van der Waals surface area contributed by atoms with Crippen LogP contribution in [0.15, 0.2) is 73.1 Å². The van der Waals surface area contributed by atoms with Crippen LogP contribution in [0.5, 0.6) is 0 Å². The molecule has 174 valence electrons. The molecule has 4 aromatic rings. The van der Waals surface area contributed by atoms with Gasteiger partial charge in [-0.2, -0.15) is 0 Å². The first kappa shape index (κ1) is 23.1. The average molecular weight is 470 g/mol. The lowest BCUT2D eigenvalue weighted by Gasteiger charge is -2.12. The molecule has 0 radical (unpaired) electrons. The van der Waals surface area contributed by atoms with Gasteiger partial charge in [-0.15, -0.1) is 5.10 Å². The highest BCUT2D eigenvalue weighted by Gasteiger charge is 2.28. The number of para-hydroxylation sites is 1. The van der Waals surface area contributed by atoms with Crippen molar-refractivity contribution in [3.8, 4) is 16.8 Å². The monoisotopic (exact) mass is 470 g/mol. The van der Waals surface area contributed by atoms with E-state index in [1.807, 2.05) is 36.5 Å². The summed E-state index contributed by atoms with van der Waals surface area (Å²) in [6.07, 6.45) is 3.47. The Hall–Kier alpha value is -5.12. The molecule has 2 amide bonds. The van der Waals surface area contributed by atoms with Crippen LogP contribution >= 0.6 is 0 Å². The number of hydrogen-bond acceptors (Lipinski definition) is 6. The van der Waals surface area contributed by atoms with E-state index < -0.39 is 23.8 Å². The number of amides is 2. The number of fused-ring (bicyclic) bond motifs is 1. The Kier molecular flexibility index (Phi) is 6.19. The number of carboxylic acid groups (broad SMARTS) is 2. The van der Waals surface area contributed by atoms with Gasteiger partial charge >= 0.3 is 11.9 Å². The van der Waals surface area contributed by atoms with E-state index in [9.17, 15) is 24.3 Å². The van der Waals surface area contributed by atoms with Crippen LogP contribution in [0.1, 0.15) is 47.0 Å². The van der Waals surface area contributed by atoms with Gasteiger partial charge in [-0.1, -0.05) is 29.5 Å². The summed E-state index contributed by atoms with van der Waals surface area (Å²) in [5.41, 5.74) is 2.27. The third-order valence-electron chi connectivity index (χ3n) is 5.28. The molecule has 2 heterocycles. The first-order valence-corrected chi connectivity index (χ1v) is 10.3. The number of benzene rings is 3. The molecule has 0 saturated carbocycles. The Labute approximate surface area is 198 Å². The molecule has 0 fully saturated rings. The highest BCUT2D eigenvalue weighted by molar-refractivity contribution is 6.22. The molecule has 35 heavy (non-hydrogen) atoms. The highest BCUT2D eigenvalue weighted by Crippen LogP contribution is 2.31. The van der Waals surface area contributed by atoms with Gasteiger partial charge in [0.2, 0.25) is 0 Å². The summed E-state index contributed by atoms with van der Waals surface area (Å²) in [5, 5.41) is 28.2. The minimum absolute atomic E-state index is 0.136. The molecule has 10 heteroatoms. The first-order chi connectivity index (χ1) is 16.8. The van der Waals surface area contributed by atoms with Crippen molar-refractivity contribution >= 4 is 23.8 Å². The molecule has 0 saturated heterocycles. The molecule has 0 bridgehead atoms. The van der Waals surface area contributed by atoms with Crippen LogP contribution in [-0.4, -0.2) is 49.0 Å². The van der Waals surface area contributed by atoms with Crippen molar-refractivity contribution in [2.75, 3.05) is 0 Å². The molecular formula is C25H18N4O6. The molecule has 1 aliphatic rings. The maximum Gasteiger partial charge on any atom is 0.336 e. The summed E-state index contributed by atoms with van der Waals surface area (Å²) < 4.78 is 1.72. The Morgan fingerprint density at radius 3 is 2.23 bits per heavy atom. The highest BCUT2D eigenvalue weighted by atomic mass is 16.4. The van der Waals surface area contributed by atoms with Gasteiger partial charge in [0.05, 0.1) is 40.3 Å². The Balaban J connectivity index is 0.000000218. The van der Waals surface area contributed by atoms with Crippen molar-refractivity contribution in [2.24, 2.45) is 0 Å². The second-order valence-corrected chi connectivity index (χ2v) is 7.55. The first-order valence-electron chi connectivity index (χ1n) is 10.3. The zero-order valence-corrected chi connectivity index (χ0v) is 18.3. The zero-order chi connectivity index (χ0) is 25.1. The number of carbonyl (C=O) groups is 4. The van der Waals surface area contributed by atoms with Crippen LogP contribution in [-0.2, 0) is 0 Å². The number of nitrogens with zero attached hydrogens (tertiary/aromatic N) is 3. The molecule has 0 unspecified atom stereocenters. The minimum atomic E-state index is -1.28. The van der Waals surface area contributed by atoms with Crippen LogP contribution in [0.4, 0.5) is 0 Å². The topological polar surface area (TPSA) is 151 Å². The Morgan fingerprint density at radius 2 is 1.60 bits per heavy atom. The van der Waals surface area contributed by atoms with Gasteiger partial charge in [-0.25, -0.2) is 14.3 Å². The molecule has 1 aromatic heterocycles. The fourth-order valence-electron chi connectivity index (χ4n) is 3.71. The minimum Gasteiger partial charge on any atom is -0.478 e. The van der Waals surface area contributed by atoms with Crippen molar-refractivity contribution < 1.29 is 29.4 Å². The fourth-order valence-corrected chi connectivity index (χ4v) is 3.71. The summed E-state index contributed by atoms with van der Waals surface area (Å²) in [6.45, 7) is 1.59. The smallest absolute Gasteiger partial charge is 0.336 e. The molecule has 3 aromatic carbocycles. The lowest BCUT2D eigenvalue weighted by atomic mass is 9.91. The average Bonchev–Trinajstić information content (AvgIpc) is 3.48. The number of carbonyl (C=O) groups excluding carboxylic acids is 2. The van der Waals surface area contributed by atoms with Crippen molar-refractivity contribution in [1.82, 2.24) is 20.3 Å². The number of aromatic carboxylic acids is 2. The van der Waals surface area contributed by atoms with Crippen molar-refractivity contribution in [1.29, 1.82) is 0 Å².